The number of benzene rings is 1. The van der Waals surface area contributed by atoms with Gasteiger partial charge in [-0.05, 0) is 24.3 Å². The summed E-state index contributed by atoms with van der Waals surface area (Å²) < 4.78 is 14.8. The van der Waals surface area contributed by atoms with Crippen molar-refractivity contribution < 1.29 is 14.3 Å². The number of hydrogen-bond acceptors (Lipinski definition) is 4. The van der Waals surface area contributed by atoms with Crippen LogP contribution in [0.5, 0.6) is 0 Å². The minimum atomic E-state index is -0.915. The molecule has 0 aliphatic carbocycles. The second kappa shape index (κ2) is 5.69. The van der Waals surface area contributed by atoms with Crippen molar-refractivity contribution in [2.75, 3.05) is 0 Å². The van der Waals surface area contributed by atoms with Gasteiger partial charge < -0.3 is 5.11 Å². The Bertz CT molecular complexity index is 824. The number of hydrogen-bond donors (Lipinski definition) is 1. The molecule has 0 atom stereocenters. The first kappa shape index (κ1) is 14.4. The predicted octanol–water partition coefficient (Wildman–Crippen LogP) is 2.98. The largest absolute Gasteiger partial charge is 0.481 e. The SMILES string of the molecule is Cn1ncc(-c2nc(CC(=O)O)cs2)c1-c1ccc(F)cc1. The van der Waals surface area contributed by atoms with Gasteiger partial charge >= 0.3 is 5.97 Å². The van der Waals surface area contributed by atoms with Gasteiger partial charge in [-0.2, -0.15) is 5.10 Å². The zero-order chi connectivity index (χ0) is 15.7. The van der Waals surface area contributed by atoms with E-state index < -0.39 is 5.97 Å². The number of carboxylic acids is 1. The molecular weight excluding hydrogens is 305 g/mol. The third-order valence-corrected chi connectivity index (χ3v) is 4.10. The molecule has 7 heteroatoms. The van der Waals surface area contributed by atoms with Crippen molar-refractivity contribution in [3.63, 3.8) is 0 Å². The standard InChI is InChI=1S/C15H12FN3O2S/c1-19-14(9-2-4-10(16)5-3-9)12(7-17-19)15-18-11(8-22-15)6-13(20)21/h2-5,7-8H,6H2,1H3,(H,20,21). The van der Waals surface area contributed by atoms with Crippen molar-refractivity contribution in [2.24, 2.45) is 7.05 Å². The molecule has 0 aliphatic heterocycles. The van der Waals surface area contributed by atoms with E-state index in [9.17, 15) is 9.18 Å². The van der Waals surface area contributed by atoms with Gasteiger partial charge in [0, 0.05) is 18.0 Å². The molecule has 22 heavy (non-hydrogen) atoms. The number of carboxylic acid groups (broad SMARTS) is 1. The molecule has 0 amide bonds. The van der Waals surface area contributed by atoms with Crippen LogP contribution < -0.4 is 0 Å². The van der Waals surface area contributed by atoms with E-state index in [0.717, 1.165) is 16.8 Å². The molecule has 0 saturated carbocycles. The molecule has 2 heterocycles. The number of aliphatic carboxylic acids is 1. The number of aryl methyl sites for hydroxylation is 1. The smallest absolute Gasteiger partial charge is 0.309 e. The Hall–Kier alpha value is -2.54. The normalized spacial score (nSPS) is 10.8. The van der Waals surface area contributed by atoms with Crippen molar-refractivity contribution in [1.82, 2.24) is 14.8 Å². The summed E-state index contributed by atoms with van der Waals surface area (Å²) in [5.41, 5.74) is 2.96. The number of carbonyl (C=O) groups is 1. The van der Waals surface area contributed by atoms with E-state index in [2.05, 4.69) is 10.1 Å². The number of halogens is 1. The third kappa shape index (κ3) is 2.75. The van der Waals surface area contributed by atoms with Crippen LogP contribution in [-0.4, -0.2) is 25.8 Å². The molecule has 0 aliphatic rings. The molecule has 0 saturated heterocycles. The molecule has 0 unspecified atom stereocenters. The van der Waals surface area contributed by atoms with Gasteiger partial charge in [-0.3, -0.25) is 9.48 Å². The Morgan fingerprint density at radius 2 is 2.09 bits per heavy atom. The van der Waals surface area contributed by atoms with E-state index in [0.29, 0.717) is 10.7 Å². The highest BCUT2D eigenvalue weighted by atomic mass is 32.1. The van der Waals surface area contributed by atoms with Gasteiger partial charge in [0.05, 0.1) is 29.6 Å². The Labute approximate surface area is 129 Å². The molecule has 112 valence electrons. The Morgan fingerprint density at radius 1 is 1.36 bits per heavy atom. The third-order valence-electron chi connectivity index (χ3n) is 3.17. The first-order valence-corrected chi connectivity index (χ1v) is 7.37. The van der Waals surface area contributed by atoms with Crippen molar-refractivity contribution in [2.45, 2.75) is 6.42 Å². The van der Waals surface area contributed by atoms with Crippen LogP contribution in [0.25, 0.3) is 21.8 Å². The maximum absolute atomic E-state index is 13.1. The molecule has 1 aromatic carbocycles. The van der Waals surface area contributed by atoms with Crippen LogP contribution >= 0.6 is 11.3 Å². The van der Waals surface area contributed by atoms with Crippen LogP contribution in [0.4, 0.5) is 4.39 Å². The fourth-order valence-corrected chi connectivity index (χ4v) is 3.04. The molecule has 1 N–H and O–H groups in total. The molecule has 0 fully saturated rings. The zero-order valence-corrected chi connectivity index (χ0v) is 12.5. The maximum Gasteiger partial charge on any atom is 0.309 e. The molecule has 0 spiro atoms. The molecule has 0 radical (unpaired) electrons. The summed E-state index contributed by atoms with van der Waals surface area (Å²) in [5, 5.41) is 15.5. The quantitative estimate of drug-likeness (QED) is 0.803. The van der Waals surface area contributed by atoms with E-state index in [1.807, 2.05) is 0 Å². The van der Waals surface area contributed by atoms with Crippen LogP contribution in [0.1, 0.15) is 5.69 Å². The summed E-state index contributed by atoms with van der Waals surface area (Å²) in [4.78, 5) is 15.1. The lowest BCUT2D eigenvalue weighted by atomic mass is 10.1. The highest BCUT2D eigenvalue weighted by Gasteiger charge is 2.16. The fourth-order valence-electron chi connectivity index (χ4n) is 2.21. The van der Waals surface area contributed by atoms with Crippen LogP contribution in [0, 0.1) is 5.82 Å². The summed E-state index contributed by atoms with van der Waals surface area (Å²) in [5.74, 6) is -1.22. The van der Waals surface area contributed by atoms with Gasteiger partial charge in [0.2, 0.25) is 0 Å². The first-order chi connectivity index (χ1) is 10.5. The highest BCUT2D eigenvalue weighted by molar-refractivity contribution is 7.13. The average Bonchev–Trinajstić information content (AvgIpc) is 3.06. The summed E-state index contributed by atoms with van der Waals surface area (Å²) in [6.07, 6.45) is 1.57. The fraction of sp³-hybridized carbons (Fsp3) is 0.133. The van der Waals surface area contributed by atoms with E-state index in [4.69, 9.17) is 5.11 Å². The van der Waals surface area contributed by atoms with Gasteiger partial charge in [0.25, 0.3) is 0 Å². The predicted molar refractivity (Wildman–Crippen MR) is 81.0 cm³/mol. The van der Waals surface area contributed by atoms with Crippen LogP contribution in [-0.2, 0) is 18.3 Å². The van der Waals surface area contributed by atoms with Crippen molar-refractivity contribution in [3.8, 4) is 21.8 Å². The molecule has 0 bridgehead atoms. The van der Waals surface area contributed by atoms with E-state index in [-0.39, 0.29) is 12.2 Å². The lowest BCUT2D eigenvalue weighted by molar-refractivity contribution is -0.136. The summed E-state index contributed by atoms with van der Waals surface area (Å²) in [6.45, 7) is 0. The van der Waals surface area contributed by atoms with Crippen molar-refractivity contribution in [1.29, 1.82) is 0 Å². The van der Waals surface area contributed by atoms with Crippen LogP contribution in [0.3, 0.4) is 0 Å². The van der Waals surface area contributed by atoms with Crippen molar-refractivity contribution in [3.05, 3.63) is 47.4 Å². The number of aromatic nitrogens is 3. The summed E-state index contributed by atoms with van der Waals surface area (Å²) in [6, 6.07) is 6.15. The first-order valence-electron chi connectivity index (χ1n) is 6.49. The minimum absolute atomic E-state index is 0.108. The van der Waals surface area contributed by atoms with E-state index in [1.54, 1.807) is 35.4 Å². The van der Waals surface area contributed by atoms with E-state index >= 15 is 0 Å². The zero-order valence-electron chi connectivity index (χ0n) is 11.7. The number of thiazole rings is 1. The Morgan fingerprint density at radius 3 is 2.77 bits per heavy atom. The van der Waals surface area contributed by atoms with Crippen LogP contribution in [0.15, 0.2) is 35.8 Å². The molecule has 3 rings (SSSR count). The summed E-state index contributed by atoms with van der Waals surface area (Å²) >= 11 is 1.37. The van der Waals surface area contributed by atoms with Crippen LogP contribution in [0.2, 0.25) is 0 Å². The number of rotatable bonds is 4. The second-order valence-electron chi connectivity index (χ2n) is 4.75. The minimum Gasteiger partial charge on any atom is -0.481 e. The molecule has 2 aromatic heterocycles. The molecule has 5 nitrogen and oxygen atoms in total. The lowest BCUT2D eigenvalue weighted by Gasteiger charge is -2.05. The number of nitrogens with zero attached hydrogens (tertiary/aromatic N) is 3. The topological polar surface area (TPSA) is 68.0 Å². The van der Waals surface area contributed by atoms with Gasteiger partial charge in [0.15, 0.2) is 0 Å². The Balaban J connectivity index is 2.03. The second-order valence-corrected chi connectivity index (χ2v) is 5.61. The van der Waals surface area contributed by atoms with Gasteiger partial charge in [-0.1, -0.05) is 0 Å². The van der Waals surface area contributed by atoms with Gasteiger partial charge in [-0.25, -0.2) is 9.37 Å². The highest BCUT2D eigenvalue weighted by Crippen LogP contribution is 2.33. The van der Waals surface area contributed by atoms with Gasteiger partial charge in [0.1, 0.15) is 10.8 Å². The monoisotopic (exact) mass is 317 g/mol. The molecular formula is C15H12FN3O2S. The summed E-state index contributed by atoms with van der Waals surface area (Å²) in [7, 11) is 1.80. The maximum atomic E-state index is 13.1. The van der Waals surface area contributed by atoms with Crippen molar-refractivity contribution >= 4 is 17.3 Å². The Kier molecular flexibility index (Phi) is 3.72. The average molecular weight is 317 g/mol. The lowest BCUT2D eigenvalue weighted by Crippen LogP contribution is -2.00. The molecule has 3 aromatic rings. The van der Waals surface area contributed by atoms with E-state index in [1.165, 1.54) is 23.5 Å². The van der Waals surface area contributed by atoms with Gasteiger partial charge in [-0.15, -0.1) is 11.3 Å².